The van der Waals surface area contributed by atoms with Crippen molar-refractivity contribution in [3.05, 3.63) is 30.8 Å². The molecule has 1 unspecified atom stereocenters. The maximum Gasteiger partial charge on any atom is 0.261 e. The minimum atomic E-state index is -4.21. The van der Waals surface area contributed by atoms with Crippen LogP contribution in [0.3, 0.4) is 0 Å². The summed E-state index contributed by atoms with van der Waals surface area (Å²) in [6.07, 6.45) is 9.77. The summed E-state index contributed by atoms with van der Waals surface area (Å²) in [6, 6.07) is 1.69. The molecule has 0 bridgehead atoms. The van der Waals surface area contributed by atoms with E-state index in [0.29, 0.717) is 12.3 Å². The van der Waals surface area contributed by atoms with Crippen LogP contribution in [0, 0.1) is 12.3 Å². The summed E-state index contributed by atoms with van der Waals surface area (Å²) in [5.74, 6) is -1.70. The quantitative estimate of drug-likeness (QED) is 0.594. The Bertz CT molecular complexity index is 900. The topological polar surface area (TPSA) is 140 Å². The number of Topliss-reactive ketones (excluding diaryl/α,β-unsaturated/α-hetero) is 1. The van der Waals surface area contributed by atoms with E-state index in [1.807, 2.05) is 0 Å². The van der Waals surface area contributed by atoms with Crippen molar-refractivity contribution in [3.63, 3.8) is 0 Å². The molecule has 1 aromatic heterocycles. The Labute approximate surface area is 182 Å². The number of aromatic nitrogens is 1. The van der Waals surface area contributed by atoms with Gasteiger partial charge in [-0.25, -0.2) is 13.4 Å². The van der Waals surface area contributed by atoms with Crippen molar-refractivity contribution >= 4 is 27.6 Å². The zero-order valence-corrected chi connectivity index (χ0v) is 18.2. The molecule has 2 fully saturated rings. The lowest BCUT2D eigenvalue weighted by Gasteiger charge is -2.26. The number of hydrogen-bond acceptors (Lipinski definition) is 6. The van der Waals surface area contributed by atoms with Crippen LogP contribution in [0.2, 0.25) is 0 Å². The first-order valence-corrected chi connectivity index (χ1v) is 12.1. The van der Waals surface area contributed by atoms with Gasteiger partial charge in [0, 0.05) is 19.2 Å². The van der Waals surface area contributed by atoms with Crippen molar-refractivity contribution in [2.45, 2.75) is 68.5 Å². The molecule has 1 saturated heterocycles. The predicted octanol–water partition coefficient (Wildman–Crippen LogP) is 0.949. The first kappa shape index (κ1) is 23.3. The summed E-state index contributed by atoms with van der Waals surface area (Å²) < 4.78 is 26.8. The summed E-state index contributed by atoms with van der Waals surface area (Å²) in [5, 5.41) is 2.39. The second-order valence-corrected chi connectivity index (χ2v) is 9.98. The molecule has 1 aliphatic carbocycles. The third-order valence-electron chi connectivity index (χ3n) is 5.93. The van der Waals surface area contributed by atoms with E-state index in [2.05, 4.69) is 10.3 Å². The van der Waals surface area contributed by atoms with Gasteiger partial charge in [-0.3, -0.25) is 14.4 Å². The molecule has 10 heteroatoms. The lowest BCUT2D eigenvalue weighted by molar-refractivity contribution is -0.134. The zero-order valence-electron chi connectivity index (χ0n) is 17.4. The van der Waals surface area contributed by atoms with E-state index in [1.165, 1.54) is 37.6 Å². The molecule has 1 saturated carbocycles. The summed E-state index contributed by atoms with van der Waals surface area (Å²) in [7, 11) is -4.21. The number of ketones is 1. The number of primary amides is 1. The Balaban J connectivity index is 1.71. The van der Waals surface area contributed by atoms with Gasteiger partial charge in [0.25, 0.3) is 10.0 Å². The monoisotopic (exact) mass is 449 g/mol. The van der Waals surface area contributed by atoms with Crippen molar-refractivity contribution in [1.29, 1.82) is 0 Å². The average molecular weight is 450 g/mol. The van der Waals surface area contributed by atoms with Gasteiger partial charge in [-0.15, -0.1) is 0 Å². The summed E-state index contributed by atoms with van der Waals surface area (Å²) in [5.41, 5.74) is 5.43. The van der Waals surface area contributed by atoms with Gasteiger partial charge in [0.05, 0.1) is 6.04 Å². The standard InChI is InChI=1S/C21H29N4O5S/c22-21(28)19-20(27)16(24-17(26)12-11-15-7-2-1-3-8-15)9-6-14-25(19)31(29,30)18-10-4-5-13-23-18/h4-5,10,12-13,15-16,19H,1-3,6-9,11,14H2,(H2,22,28)(H,24,26)/t16-,19?/m0/s1. The van der Waals surface area contributed by atoms with E-state index >= 15 is 0 Å². The molecule has 169 valence electrons. The Morgan fingerprint density at radius 3 is 2.55 bits per heavy atom. The maximum atomic E-state index is 13.1. The van der Waals surface area contributed by atoms with Crippen molar-refractivity contribution in [2.24, 2.45) is 11.7 Å². The molecule has 1 aliphatic heterocycles. The molecule has 1 aromatic rings. The number of hydrogen-bond donors (Lipinski definition) is 2. The molecule has 2 aliphatic rings. The van der Waals surface area contributed by atoms with E-state index in [9.17, 15) is 22.8 Å². The van der Waals surface area contributed by atoms with Crippen LogP contribution in [0.1, 0.15) is 51.4 Å². The van der Waals surface area contributed by atoms with Crippen LogP contribution in [-0.2, 0) is 24.4 Å². The fourth-order valence-corrected chi connectivity index (χ4v) is 5.83. The van der Waals surface area contributed by atoms with Gasteiger partial charge in [0.1, 0.15) is 0 Å². The number of carbonyl (C=O) groups is 3. The molecule has 2 amide bonds. The smallest absolute Gasteiger partial charge is 0.261 e. The van der Waals surface area contributed by atoms with Crippen LogP contribution in [0.15, 0.2) is 29.4 Å². The van der Waals surface area contributed by atoms with E-state index in [0.717, 1.165) is 17.1 Å². The highest BCUT2D eigenvalue weighted by Gasteiger charge is 2.44. The molecule has 9 nitrogen and oxygen atoms in total. The summed E-state index contributed by atoms with van der Waals surface area (Å²) in [4.78, 5) is 41.4. The van der Waals surface area contributed by atoms with Crippen molar-refractivity contribution in [1.82, 2.24) is 14.6 Å². The third kappa shape index (κ3) is 5.68. The first-order chi connectivity index (χ1) is 14.8. The fraction of sp³-hybridized carbons (Fsp3) is 0.571. The largest absolute Gasteiger partial charge is 0.368 e. The second-order valence-electron chi connectivity index (χ2n) is 8.14. The zero-order chi connectivity index (χ0) is 22.4. The number of pyridine rings is 1. The van der Waals surface area contributed by atoms with Crippen molar-refractivity contribution < 1.29 is 22.8 Å². The van der Waals surface area contributed by atoms with E-state index < -0.39 is 33.8 Å². The van der Waals surface area contributed by atoms with Gasteiger partial charge < -0.3 is 11.1 Å². The number of amides is 2. The minimum Gasteiger partial charge on any atom is -0.368 e. The second kappa shape index (κ2) is 10.3. The highest BCUT2D eigenvalue weighted by atomic mass is 32.2. The van der Waals surface area contributed by atoms with Gasteiger partial charge >= 0.3 is 0 Å². The van der Waals surface area contributed by atoms with Crippen LogP contribution in [0.5, 0.6) is 0 Å². The molecular formula is C21H29N4O5S. The van der Waals surface area contributed by atoms with Crippen LogP contribution in [-0.4, -0.2) is 53.9 Å². The van der Waals surface area contributed by atoms with Crippen LogP contribution >= 0.6 is 0 Å². The SMILES string of the molecule is NC(=O)C1C(=O)[C@@H](NC(=O)[CH]CC2CCCCC2)CCCN1S(=O)(=O)c1ccccn1. The molecule has 1 radical (unpaired) electrons. The third-order valence-corrected chi connectivity index (χ3v) is 7.71. The number of sulfonamides is 1. The lowest BCUT2D eigenvalue weighted by atomic mass is 9.86. The molecule has 2 heterocycles. The molecule has 0 aromatic carbocycles. The molecule has 3 rings (SSSR count). The summed E-state index contributed by atoms with van der Waals surface area (Å²) in [6.45, 7) is -0.0730. The van der Waals surface area contributed by atoms with Gasteiger partial charge in [-0.05, 0) is 37.3 Å². The Kier molecular flexibility index (Phi) is 7.77. The Morgan fingerprint density at radius 2 is 1.90 bits per heavy atom. The van der Waals surface area contributed by atoms with Crippen LogP contribution < -0.4 is 11.1 Å². The first-order valence-electron chi connectivity index (χ1n) is 10.7. The number of nitrogens with two attached hydrogens (primary N) is 1. The molecular weight excluding hydrogens is 420 g/mol. The molecule has 2 atom stereocenters. The van der Waals surface area contributed by atoms with Gasteiger partial charge in [-0.1, -0.05) is 38.2 Å². The normalized spacial score (nSPS) is 23.8. The maximum absolute atomic E-state index is 13.1. The highest BCUT2D eigenvalue weighted by molar-refractivity contribution is 7.89. The Morgan fingerprint density at radius 1 is 1.16 bits per heavy atom. The fourth-order valence-electron chi connectivity index (χ4n) is 4.29. The van der Waals surface area contributed by atoms with Crippen LogP contribution in [0.25, 0.3) is 0 Å². The molecule has 0 spiro atoms. The number of nitrogens with zero attached hydrogens (tertiary/aromatic N) is 2. The highest BCUT2D eigenvalue weighted by Crippen LogP contribution is 2.27. The van der Waals surface area contributed by atoms with Gasteiger partial charge in [0.15, 0.2) is 16.9 Å². The van der Waals surface area contributed by atoms with Crippen molar-refractivity contribution in [3.8, 4) is 0 Å². The number of rotatable bonds is 7. The number of carbonyl (C=O) groups excluding carboxylic acids is 3. The number of nitrogens with one attached hydrogen (secondary N) is 1. The van der Waals surface area contributed by atoms with E-state index in [4.69, 9.17) is 5.73 Å². The van der Waals surface area contributed by atoms with E-state index in [1.54, 1.807) is 12.5 Å². The Hall–Kier alpha value is -2.33. The van der Waals surface area contributed by atoms with E-state index in [-0.39, 0.29) is 30.3 Å². The minimum absolute atomic E-state index is 0.0730. The van der Waals surface area contributed by atoms with Gasteiger partial charge in [-0.2, -0.15) is 4.31 Å². The molecule has 31 heavy (non-hydrogen) atoms. The summed E-state index contributed by atoms with van der Waals surface area (Å²) >= 11 is 0. The molecule has 3 N–H and O–H groups in total. The average Bonchev–Trinajstić information content (AvgIpc) is 2.93. The van der Waals surface area contributed by atoms with Crippen molar-refractivity contribution in [2.75, 3.05) is 6.54 Å². The van der Waals surface area contributed by atoms with Crippen LogP contribution in [0.4, 0.5) is 0 Å². The van der Waals surface area contributed by atoms with Gasteiger partial charge in [0.2, 0.25) is 11.8 Å². The lowest BCUT2D eigenvalue weighted by Crippen LogP contribution is -2.56. The predicted molar refractivity (Wildman–Crippen MR) is 113 cm³/mol.